The summed E-state index contributed by atoms with van der Waals surface area (Å²) in [6.45, 7) is 2.74. The highest BCUT2D eigenvalue weighted by molar-refractivity contribution is 5.95. The van der Waals surface area contributed by atoms with Gasteiger partial charge in [0.15, 0.2) is 5.82 Å². The first-order valence-corrected chi connectivity index (χ1v) is 11.3. The minimum Gasteiger partial charge on any atom is -0.456 e. The summed E-state index contributed by atoms with van der Waals surface area (Å²) in [7, 11) is 1.52. The lowest BCUT2D eigenvalue weighted by atomic mass is 9.77. The molecule has 34 heavy (non-hydrogen) atoms. The molecule has 2 fully saturated rings. The van der Waals surface area contributed by atoms with Crippen molar-refractivity contribution in [2.45, 2.75) is 25.4 Å². The lowest BCUT2D eigenvalue weighted by Gasteiger charge is -2.38. The number of amides is 1. The van der Waals surface area contributed by atoms with Crippen LogP contribution in [-0.2, 0) is 19.1 Å². The maximum Gasteiger partial charge on any atom is 0.338 e. The number of pyridine rings is 1. The summed E-state index contributed by atoms with van der Waals surface area (Å²) < 4.78 is 11.7. The van der Waals surface area contributed by atoms with E-state index >= 15 is 0 Å². The van der Waals surface area contributed by atoms with Crippen molar-refractivity contribution in [3.05, 3.63) is 41.5 Å². The molecule has 0 bridgehead atoms. The molecule has 0 radical (unpaired) electrons. The standard InChI is InChI=1S/C22H27N7O5/c1-33-12-16-17(13-34-20(16)31)28-9-6-22(21(28)32)4-7-27(8-5-22)11-18(30)15-2-3-19(23-10-15)29-14-24-25-26-29/h2-3,10,14,18,30H,4-9,11-13H2,1H3/t18-/m0/s1. The van der Waals surface area contributed by atoms with Crippen LogP contribution in [0.3, 0.4) is 0 Å². The predicted molar refractivity (Wildman–Crippen MR) is 116 cm³/mol. The van der Waals surface area contributed by atoms with E-state index in [-0.39, 0.29) is 19.1 Å². The molecule has 180 valence electrons. The van der Waals surface area contributed by atoms with Crippen LogP contribution in [0.4, 0.5) is 0 Å². The van der Waals surface area contributed by atoms with E-state index in [2.05, 4.69) is 25.4 Å². The van der Waals surface area contributed by atoms with E-state index in [4.69, 9.17) is 9.47 Å². The number of piperidine rings is 1. The number of carbonyl (C=O) groups is 2. The highest BCUT2D eigenvalue weighted by Crippen LogP contribution is 2.44. The van der Waals surface area contributed by atoms with Gasteiger partial charge in [-0.15, -0.1) is 5.10 Å². The third-order valence-electron chi connectivity index (χ3n) is 7.05. The SMILES string of the molecule is COCC1=C(N2CCC3(CCN(C[C@H](O)c4ccc(-n5cnnn5)nc4)CC3)C2=O)COC1=O. The number of hydrogen-bond donors (Lipinski definition) is 1. The first-order chi connectivity index (χ1) is 16.5. The van der Waals surface area contributed by atoms with Gasteiger partial charge >= 0.3 is 5.97 Å². The molecule has 2 aromatic rings. The fraction of sp³-hybridized carbons (Fsp3) is 0.545. The number of methoxy groups -OCH3 is 1. The van der Waals surface area contributed by atoms with Crippen LogP contribution in [0.1, 0.15) is 30.9 Å². The monoisotopic (exact) mass is 469 g/mol. The number of hydrogen-bond acceptors (Lipinski definition) is 10. The number of tetrazole rings is 1. The first-order valence-electron chi connectivity index (χ1n) is 11.3. The summed E-state index contributed by atoms with van der Waals surface area (Å²) in [6, 6.07) is 3.57. The Balaban J connectivity index is 1.19. The largest absolute Gasteiger partial charge is 0.456 e. The van der Waals surface area contributed by atoms with Gasteiger partial charge in [0.25, 0.3) is 0 Å². The molecule has 12 nitrogen and oxygen atoms in total. The Morgan fingerprint density at radius 3 is 2.68 bits per heavy atom. The van der Waals surface area contributed by atoms with Gasteiger partial charge in [0.05, 0.1) is 29.4 Å². The summed E-state index contributed by atoms with van der Waals surface area (Å²) in [5.74, 6) is 0.232. The van der Waals surface area contributed by atoms with Crippen LogP contribution in [0.15, 0.2) is 35.9 Å². The Bertz CT molecular complexity index is 1080. The van der Waals surface area contributed by atoms with Crippen LogP contribution in [0.5, 0.6) is 0 Å². The number of ether oxygens (including phenoxy) is 2. The predicted octanol–water partition coefficient (Wildman–Crippen LogP) is -0.137. The van der Waals surface area contributed by atoms with Gasteiger partial charge in [0, 0.05) is 32.0 Å². The number of aliphatic hydroxyl groups excluding tert-OH is 1. The van der Waals surface area contributed by atoms with E-state index in [0.717, 1.165) is 6.42 Å². The van der Waals surface area contributed by atoms with Crippen molar-refractivity contribution in [2.75, 3.05) is 46.5 Å². The van der Waals surface area contributed by atoms with Crippen molar-refractivity contribution >= 4 is 11.9 Å². The van der Waals surface area contributed by atoms with E-state index < -0.39 is 17.5 Å². The van der Waals surface area contributed by atoms with Gasteiger partial charge < -0.3 is 24.4 Å². The lowest BCUT2D eigenvalue weighted by molar-refractivity contribution is -0.139. The molecular formula is C22H27N7O5. The number of aliphatic hydroxyl groups is 1. The molecule has 5 heterocycles. The van der Waals surface area contributed by atoms with Crippen LogP contribution in [0.2, 0.25) is 0 Å². The fourth-order valence-corrected chi connectivity index (χ4v) is 5.01. The number of β-amino-alcohol motifs (C(OH)–C–C–N with tert-alkyl or cyclic N) is 1. The van der Waals surface area contributed by atoms with Crippen molar-refractivity contribution in [3.8, 4) is 5.82 Å². The summed E-state index contributed by atoms with van der Waals surface area (Å²) in [5, 5.41) is 21.7. The van der Waals surface area contributed by atoms with Crippen LogP contribution in [-0.4, -0.2) is 98.5 Å². The lowest BCUT2D eigenvalue weighted by Crippen LogP contribution is -2.45. The van der Waals surface area contributed by atoms with Crippen molar-refractivity contribution in [1.29, 1.82) is 0 Å². The van der Waals surface area contributed by atoms with Crippen molar-refractivity contribution < 1.29 is 24.2 Å². The average molecular weight is 470 g/mol. The number of rotatable bonds is 7. The summed E-state index contributed by atoms with van der Waals surface area (Å²) in [4.78, 5) is 33.6. The van der Waals surface area contributed by atoms with E-state index in [1.54, 1.807) is 17.2 Å². The highest BCUT2D eigenvalue weighted by atomic mass is 16.5. The summed E-state index contributed by atoms with van der Waals surface area (Å²) in [6.07, 6.45) is 4.58. The second-order valence-electron chi connectivity index (χ2n) is 8.94. The Labute approximate surface area is 196 Å². The minimum absolute atomic E-state index is 0.0667. The molecule has 0 aliphatic carbocycles. The zero-order chi connectivity index (χ0) is 23.7. The van der Waals surface area contributed by atoms with Gasteiger partial charge in [-0.2, -0.15) is 4.68 Å². The second-order valence-corrected chi connectivity index (χ2v) is 8.94. The van der Waals surface area contributed by atoms with E-state index in [1.165, 1.54) is 18.1 Å². The minimum atomic E-state index is -0.691. The zero-order valence-electron chi connectivity index (χ0n) is 19.0. The zero-order valence-corrected chi connectivity index (χ0v) is 19.0. The molecule has 0 aromatic carbocycles. The Kier molecular flexibility index (Phi) is 6.11. The maximum absolute atomic E-state index is 13.4. The normalized spacial score (nSPS) is 21.5. The molecule has 3 aliphatic rings. The van der Waals surface area contributed by atoms with Crippen molar-refractivity contribution in [2.24, 2.45) is 5.41 Å². The van der Waals surface area contributed by atoms with Gasteiger partial charge in [-0.1, -0.05) is 6.07 Å². The quantitative estimate of drug-likeness (QED) is 0.546. The number of nitrogens with zero attached hydrogens (tertiary/aromatic N) is 7. The Hall–Kier alpha value is -3.22. The molecule has 1 atom stereocenters. The van der Waals surface area contributed by atoms with Crippen LogP contribution < -0.4 is 0 Å². The van der Waals surface area contributed by atoms with E-state index in [0.29, 0.717) is 61.7 Å². The molecule has 2 aromatic heterocycles. The summed E-state index contributed by atoms with van der Waals surface area (Å²) in [5.41, 5.74) is 1.37. The summed E-state index contributed by atoms with van der Waals surface area (Å²) >= 11 is 0. The smallest absolute Gasteiger partial charge is 0.338 e. The molecule has 1 N–H and O–H groups in total. The number of likely N-dealkylation sites (tertiary alicyclic amines) is 2. The Morgan fingerprint density at radius 1 is 1.21 bits per heavy atom. The number of esters is 1. The van der Waals surface area contributed by atoms with Crippen LogP contribution in [0, 0.1) is 5.41 Å². The van der Waals surface area contributed by atoms with Gasteiger partial charge in [0.1, 0.15) is 12.9 Å². The topological polar surface area (TPSA) is 136 Å². The molecule has 0 unspecified atom stereocenters. The van der Waals surface area contributed by atoms with E-state index in [1.807, 2.05) is 6.07 Å². The molecule has 1 amide bonds. The molecular weight excluding hydrogens is 442 g/mol. The average Bonchev–Trinajstić information content (AvgIpc) is 3.58. The number of aromatic nitrogens is 5. The molecule has 5 rings (SSSR count). The number of cyclic esters (lactones) is 1. The molecule has 3 aliphatic heterocycles. The van der Waals surface area contributed by atoms with Gasteiger partial charge in [-0.3, -0.25) is 4.79 Å². The third-order valence-corrected chi connectivity index (χ3v) is 7.05. The molecule has 12 heteroatoms. The molecule has 0 saturated carbocycles. The fourth-order valence-electron chi connectivity index (χ4n) is 5.01. The van der Waals surface area contributed by atoms with Crippen LogP contribution >= 0.6 is 0 Å². The van der Waals surface area contributed by atoms with Gasteiger partial charge in [-0.05, 0) is 48.8 Å². The number of carbonyl (C=O) groups excluding carboxylic acids is 2. The maximum atomic E-state index is 13.4. The molecule has 1 spiro atoms. The van der Waals surface area contributed by atoms with E-state index in [9.17, 15) is 14.7 Å². The first kappa shape index (κ1) is 22.6. The van der Waals surface area contributed by atoms with Crippen molar-refractivity contribution in [1.82, 2.24) is 35.0 Å². The molecule has 2 saturated heterocycles. The highest BCUT2D eigenvalue weighted by Gasteiger charge is 2.50. The van der Waals surface area contributed by atoms with Crippen molar-refractivity contribution in [3.63, 3.8) is 0 Å². The van der Waals surface area contributed by atoms with Crippen LogP contribution in [0.25, 0.3) is 5.82 Å². The second kappa shape index (κ2) is 9.20. The van der Waals surface area contributed by atoms with Gasteiger partial charge in [-0.25, -0.2) is 9.78 Å². The third kappa shape index (κ3) is 4.08. The Morgan fingerprint density at radius 2 is 2.00 bits per heavy atom. The van der Waals surface area contributed by atoms with Gasteiger partial charge in [0.2, 0.25) is 5.91 Å².